The molecule has 1 aliphatic rings. The van der Waals surface area contributed by atoms with Crippen molar-refractivity contribution < 1.29 is 9.53 Å². The molecule has 0 spiro atoms. The summed E-state index contributed by atoms with van der Waals surface area (Å²) in [7, 11) is 1.63. The standard InChI is InChI=1S/C12H16N4O2/c1-14-11(13)15-8-9-2-4-10(5-3-9)16-6-7-18-12(16)17/h2-5H,6-8H2,1H3,(H3,13,14,15). The Hall–Kier alpha value is -2.24. The van der Waals surface area contributed by atoms with Crippen molar-refractivity contribution in [1.82, 2.24) is 5.32 Å². The maximum absolute atomic E-state index is 11.4. The fourth-order valence-corrected chi connectivity index (χ4v) is 1.69. The predicted octanol–water partition coefficient (Wildman–Crippen LogP) is 0.677. The van der Waals surface area contributed by atoms with Gasteiger partial charge in [0, 0.05) is 19.3 Å². The number of aliphatic imine (C=N–C) groups is 1. The third-order valence-electron chi connectivity index (χ3n) is 2.72. The molecule has 6 heteroatoms. The van der Waals surface area contributed by atoms with Gasteiger partial charge in [-0.3, -0.25) is 9.89 Å². The molecule has 0 aromatic heterocycles. The van der Waals surface area contributed by atoms with Crippen molar-refractivity contribution in [2.24, 2.45) is 10.7 Å². The lowest BCUT2D eigenvalue weighted by Gasteiger charge is -2.13. The Kier molecular flexibility index (Phi) is 3.66. The molecule has 18 heavy (non-hydrogen) atoms. The number of rotatable bonds is 3. The van der Waals surface area contributed by atoms with Crippen molar-refractivity contribution >= 4 is 17.7 Å². The van der Waals surface area contributed by atoms with Crippen LogP contribution in [0.4, 0.5) is 10.5 Å². The summed E-state index contributed by atoms with van der Waals surface area (Å²) < 4.78 is 4.89. The first kappa shape index (κ1) is 12.2. The SMILES string of the molecule is CN=C(N)NCc1ccc(N2CCOC2=O)cc1. The van der Waals surface area contributed by atoms with Crippen molar-refractivity contribution in [3.05, 3.63) is 29.8 Å². The molecule has 0 aliphatic carbocycles. The zero-order valence-corrected chi connectivity index (χ0v) is 10.2. The van der Waals surface area contributed by atoms with Gasteiger partial charge in [-0.1, -0.05) is 12.1 Å². The number of nitrogens with one attached hydrogen (secondary N) is 1. The Morgan fingerprint density at radius 1 is 1.50 bits per heavy atom. The van der Waals surface area contributed by atoms with Gasteiger partial charge in [-0.2, -0.15) is 0 Å². The number of guanidine groups is 1. The highest BCUT2D eigenvalue weighted by atomic mass is 16.6. The van der Waals surface area contributed by atoms with Gasteiger partial charge in [-0.25, -0.2) is 4.79 Å². The molecule has 0 atom stereocenters. The minimum absolute atomic E-state index is 0.289. The molecule has 1 heterocycles. The maximum atomic E-state index is 11.4. The smallest absolute Gasteiger partial charge is 0.414 e. The molecule has 1 aliphatic heterocycles. The van der Waals surface area contributed by atoms with Crippen LogP contribution in [0.15, 0.2) is 29.3 Å². The molecule has 1 aromatic carbocycles. The van der Waals surface area contributed by atoms with Crippen molar-refractivity contribution in [2.75, 3.05) is 25.1 Å². The number of amides is 1. The lowest BCUT2D eigenvalue weighted by molar-refractivity contribution is 0.181. The third-order valence-corrected chi connectivity index (χ3v) is 2.72. The van der Waals surface area contributed by atoms with Crippen LogP contribution in [-0.4, -0.2) is 32.3 Å². The first-order chi connectivity index (χ1) is 8.70. The molecule has 3 N–H and O–H groups in total. The van der Waals surface area contributed by atoms with E-state index in [1.54, 1.807) is 11.9 Å². The van der Waals surface area contributed by atoms with Gasteiger partial charge >= 0.3 is 6.09 Å². The number of hydrogen-bond acceptors (Lipinski definition) is 3. The lowest BCUT2D eigenvalue weighted by Crippen LogP contribution is -2.30. The van der Waals surface area contributed by atoms with E-state index in [4.69, 9.17) is 10.5 Å². The minimum atomic E-state index is -0.289. The van der Waals surface area contributed by atoms with E-state index in [0.717, 1.165) is 11.3 Å². The number of carbonyl (C=O) groups excluding carboxylic acids is 1. The van der Waals surface area contributed by atoms with E-state index in [-0.39, 0.29) is 6.09 Å². The summed E-state index contributed by atoms with van der Waals surface area (Å²) in [5.41, 5.74) is 7.45. The van der Waals surface area contributed by atoms with Crippen LogP contribution >= 0.6 is 0 Å². The number of carbonyl (C=O) groups is 1. The Labute approximate surface area is 105 Å². The molecule has 1 aromatic rings. The van der Waals surface area contributed by atoms with E-state index < -0.39 is 0 Å². The Morgan fingerprint density at radius 3 is 2.78 bits per heavy atom. The number of benzene rings is 1. The highest BCUT2D eigenvalue weighted by Gasteiger charge is 2.23. The largest absolute Gasteiger partial charge is 0.447 e. The van der Waals surface area contributed by atoms with Gasteiger partial charge in [-0.15, -0.1) is 0 Å². The molecule has 0 saturated carbocycles. The monoisotopic (exact) mass is 248 g/mol. The zero-order valence-electron chi connectivity index (χ0n) is 10.2. The fourth-order valence-electron chi connectivity index (χ4n) is 1.69. The molecule has 6 nitrogen and oxygen atoms in total. The molecule has 0 unspecified atom stereocenters. The van der Waals surface area contributed by atoms with Crippen molar-refractivity contribution in [2.45, 2.75) is 6.54 Å². The average Bonchev–Trinajstić information content (AvgIpc) is 2.83. The first-order valence-electron chi connectivity index (χ1n) is 5.70. The Bertz CT molecular complexity index is 456. The van der Waals surface area contributed by atoms with Crippen LogP contribution in [0.1, 0.15) is 5.56 Å². The summed E-state index contributed by atoms with van der Waals surface area (Å²) in [4.78, 5) is 16.8. The normalized spacial score (nSPS) is 15.7. The molecule has 0 bridgehead atoms. The second-order valence-corrected chi connectivity index (χ2v) is 3.89. The van der Waals surface area contributed by atoms with E-state index >= 15 is 0 Å². The van der Waals surface area contributed by atoms with E-state index in [9.17, 15) is 4.79 Å². The van der Waals surface area contributed by atoms with Crippen molar-refractivity contribution in [3.8, 4) is 0 Å². The number of ether oxygens (including phenoxy) is 1. The summed E-state index contributed by atoms with van der Waals surface area (Å²) in [6, 6.07) is 7.67. The zero-order chi connectivity index (χ0) is 13.0. The summed E-state index contributed by atoms with van der Waals surface area (Å²) in [5, 5.41) is 2.97. The summed E-state index contributed by atoms with van der Waals surface area (Å²) >= 11 is 0. The van der Waals surface area contributed by atoms with E-state index in [1.807, 2.05) is 24.3 Å². The first-order valence-corrected chi connectivity index (χ1v) is 5.70. The van der Waals surface area contributed by atoms with E-state index in [0.29, 0.717) is 25.7 Å². The van der Waals surface area contributed by atoms with Gasteiger partial charge in [0.25, 0.3) is 0 Å². The van der Waals surface area contributed by atoms with Crippen molar-refractivity contribution in [3.63, 3.8) is 0 Å². The number of anilines is 1. The van der Waals surface area contributed by atoms with Gasteiger partial charge in [0.1, 0.15) is 6.61 Å². The van der Waals surface area contributed by atoms with Crippen LogP contribution in [0.2, 0.25) is 0 Å². The second-order valence-electron chi connectivity index (χ2n) is 3.89. The molecule has 1 saturated heterocycles. The number of nitrogens with two attached hydrogens (primary N) is 1. The van der Waals surface area contributed by atoms with Crippen LogP contribution in [0, 0.1) is 0 Å². The number of nitrogens with zero attached hydrogens (tertiary/aromatic N) is 2. The summed E-state index contributed by atoms with van der Waals surface area (Å²) in [6.45, 7) is 1.66. The third kappa shape index (κ3) is 2.71. The van der Waals surface area contributed by atoms with Gasteiger partial charge in [0.05, 0.1) is 6.54 Å². The molecule has 0 radical (unpaired) electrons. The summed E-state index contributed by atoms with van der Waals surface area (Å²) in [5.74, 6) is 0.405. The average molecular weight is 248 g/mol. The fraction of sp³-hybridized carbons (Fsp3) is 0.333. The number of hydrogen-bond donors (Lipinski definition) is 2. The van der Waals surface area contributed by atoms with Crippen molar-refractivity contribution in [1.29, 1.82) is 0 Å². The topological polar surface area (TPSA) is 79.9 Å². The van der Waals surface area contributed by atoms with Gasteiger partial charge < -0.3 is 15.8 Å². The van der Waals surface area contributed by atoms with Gasteiger partial charge in [-0.05, 0) is 17.7 Å². The quantitative estimate of drug-likeness (QED) is 0.609. The summed E-state index contributed by atoms with van der Waals surface area (Å²) in [6.07, 6.45) is -0.289. The van der Waals surface area contributed by atoms with E-state index in [2.05, 4.69) is 10.3 Å². The predicted molar refractivity (Wildman–Crippen MR) is 69.5 cm³/mol. The highest BCUT2D eigenvalue weighted by Crippen LogP contribution is 2.18. The van der Waals surface area contributed by atoms with Crippen LogP contribution < -0.4 is 16.0 Å². The minimum Gasteiger partial charge on any atom is -0.447 e. The van der Waals surface area contributed by atoms with Crippen LogP contribution in [-0.2, 0) is 11.3 Å². The van der Waals surface area contributed by atoms with Gasteiger partial charge in [0.2, 0.25) is 0 Å². The molecular weight excluding hydrogens is 232 g/mol. The second kappa shape index (κ2) is 5.39. The molecule has 96 valence electrons. The van der Waals surface area contributed by atoms with Crippen LogP contribution in [0.25, 0.3) is 0 Å². The maximum Gasteiger partial charge on any atom is 0.414 e. The molecule has 1 amide bonds. The molecule has 2 rings (SSSR count). The highest BCUT2D eigenvalue weighted by molar-refractivity contribution is 5.89. The molecular formula is C12H16N4O2. The number of cyclic esters (lactones) is 1. The van der Waals surface area contributed by atoms with Gasteiger partial charge in [0.15, 0.2) is 5.96 Å². The lowest BCUT2D eigenvalue weighted by atomic mass is 10.2. The van der Waals surface area contributed by atoms with Crippen LogP contribution in [0.5, 0.6) is 0 Å². The molecule has 1 fully saturated rings. The van der Waals surface area contributed by atoms with Crippen LogP contribution in [0.3, 0.4) is 0 Å². The Balaban J connectivity index is 1.99. The Morgan fingerprint density at radius 2 is 2.22 bits per heavy atom. The van der Waals surface area contributed by atoms with E-state index in [1.165, 1.54) is 0 Å².